The summed E-state index contributed by atoms with van der Waals surface area (Å²) in [6.07, 6.45) is 2.35. The largest absolute Gasteiger partial charge is 0.433 e. The molecule has 0 bridgehead atoms. The van der Waals surface area contributed by atoms with Crippen molar-refractivity contribution in [2.75, 3.05) is 5.32 Å². The molecule has 1 aromatic carbocycles. The van der Waals surface area contributed by atoms with Crippen molar-refractivity contribution in [1.29, 1.82) is 0 Å². The quantitative estimate of drug-likeness (QED) is 0.513. The molecule has 1 heterocycles. The number of carbonyl (C=O) groups excluding carboxylic acids is 1. The normalized spacial score (nSPS) is 10.5. The highest BCUT2D eigenvalue weighted by Crippen LogP contribution is 2.18. The third-order valence-corrected chi connectivity index (χ3v) is 2.52. The molecule has 0 unspecified atom stereocenters. The highest BCUT2D eigenvalue weighted by atomic mass is 16.6. The molecular weight excluding hydrogens is 294 g/mol. The maximum Gasteiger partial charge on any atom is 0.433 e. The van der Waals surface area contributed by atoms with Crippen LogP contribution in [-0.2, 0) is 4.79 Å². The Morgan fingerprint density at radius 2 is 1.91 bits per heavy atom. The van der Waals surface area contributed by atoms with E-state index in [1.54, 1.807) is 0 Å². The van der Waals surface area contributed by atoms with Crippen LogP contribution in [0, 0.1) is 20.2 Å². The molecule has 22 heavy (non-hydrogen) atoms. The van der Waals surface area contributed by atoms with E-state index in [4.69, 9.17) is 4.42 Å². The summed E-state index contributed by atoms with van der Waals surface area (Å²) in [7, 11) is 0. The lowest BCUT2D eigenvalue weighted by Gasteiger charge is -2.01. The van der Waals surface area contributed by atoms with Crippen LogP contribution in [0.25, 0.3) is 6.08 Å². The number of nitro benzene ring substituents is 1. The van der Waals surface area contributed by atoms with Crippen LogP contribution in [-0.4, -0.2) is 15.8 Å². The van der Waals surface area contributed by atoms with Gasteiger partial charge in [0.2, 0.25) is 5.91 Å². The summed E-state index contributed by atoms with van der Waals surface area (Å²) in [6.45, 7) is 0. The molecule has 2 rings (SSSR count). The highest BCUT2D eigenvalue weighted by Gasteiger charge is 2.10. The van der Waals surface area contributed by atoms with E-state index in [9.17, 15) is 25.0 Å². The minimum absolute atomic E-state index is 0.140. The third kappa shape index (κ3) is 3.76. The first-order valence-electron chi connectivity index (χ1n) is 5.93. The number of non-ortho nitro benzene ring substituents is 1. The number of carbonyl (C=O) groups is 1. The molecule has 9 nitrogen and oxygen atoms in total. The van der Waals surface area contributed by atoms with Gasteiger partial charge in [0.1, 0.15) is 10.7 Å². The van der Waals surface area contributed by atoms with Gasteiger partial charge in [-0.25, -0.2) is 0 Å². The van der Waals surface area contributed by atoms with Crippen LogP contribution in [0.15, 0.2) is 46.9 Å². The Morgan fingerprint density at radius 3 is 2.55 bits per heavy atom. The molecule has 1 aromatic heterocycles. The lowest BCUT2D eigenvalue weighted by atomic mass is 10.3. The molecule has 0 saturated carbocycles. The molecule has 0 aliphatic rings. The number of nitro groups is 2. The van der Waals surface area contributed by atoms with Gasteiger partial charge in [-0.2, -0.15) is 0 Å². The van der Waals surface area contributed by atoms with Crippen molar-refractivity contribution >= 4 is 29.2 Å². The van der Waals surface area contributed by atoms with E-state index in [1.807, 2.05) is 0 Å². The Balaban J connectivity index is 2.03. The fourth-order valence-electron chi connectivity index (χ4n) is 1.57. The van der Waals surface area contributed by atoms with Crippen molar-refractivity contribution in [2.24, 2.45) is 0 Å². The predicted octanol–water partition coefficient (Wildman–Crippen LogP) is 2.75. The zero-order chi connectivity index (χ0) is 16.1. The minimum atomic E-state index is -0.694. The summed E-state index contributed by atoms with van der Waals surface area (Å²) >= 11 is 0. The van der Waals surface area contributed by atoms with E-state index in [2.05, 4.69) is 5.32 Å². The van der Waals surface area contributed by atoms with Gasteiger partial charge in [-0.15, -0.1) is 0 Å². The Kier molecular flexibility index (Phi) is 4.27. The minimum Gasteiger partial charge on any atom is -0.401 e. The Hall–Kier alpha value is -3.49. The average molecular weight is 303 g/mol. The molecule has 0 atom stereocenters. The molecule has 112 valence electrons. The number of amides is 1. The third-order valence-electron chi connectivity index (χ3n) is 2.52. The Morgan fingerprint density at radius 1 is 1.14 bits per heavy atom. The zero-order valence-electron chi connectivity index (χ0n) is 11.0. The molecule has 0 spiro atoms. The van der Waals surface area contributed by atoms with Crippen LogP contribution in [0.4, 0.5) is 17.3 Å². The summed E-state index contributed by atoms with van der Waals surface area (Å²) in [5, 5.41) is 23.5. The Bertz CT molecular complexity index is 765. The Labute approximate surface area is 123 Å². The predicted molar refractivity (Wildman–Crippen MR) is 76.1 cm³/mol. The molecule has 1 N–H and O–H groups in total. The fraction of sp³-hybridized carbons (Fsp3) is 0. The maximum absolute atomic E-state index is 11.7. The molecule has 0 fully saturated rings. The first-order valence-corrected chi connectivity index (χ1v) is 5.93. The van der Waals surface area contributed by atoms with Crippen molar-refractivity contribution < 1.29 is 19.1 Å². The molecule has 0 aliphatic heterocycles. The van der Waals surface area contributed by atoms with E-state index in [0.29, 0.717) is 0 Å². The summed E-state index contributed by atoms with van der Waals surface area (Å²) in [5.41, 5.74) is 0.109. The second kappa shape index (κ2) is 6.31. The SMILES string of the molecule is O=C(C=Cc1ccc([N+](=O)[O-])o1)Nc1cccc([N+](=O)[O-])c1. The van der Waals surface area contributed by atoms with Gasteiger partial charge in [0.25, 0.3) is 5.69 Å². The van der Waals surface area contributed by atoms with Gasteiger partial charge in [-0.3, -0.25) is 25.0 Å². The topological polar surface area (TPSA) is 129 Å². The average Bonchev–Trinajstić information content (AvgIpc) is 2.94. The van der Waals surface area contributed by atoms with Gasteiger partial charge in [0.15, 0.2) is 0 Å². The molecule has 0 saturated heterocycles. The number of anilines is 1. The molecular formula is C13H9N3O6. The van der Waals surface area contributed by atoms with Crippen LogP contribution in [0.1, 0.15) is 5.76 Å². The number of nitrogens with one attached hydrogen (secondary N) is 1. The summed E-state index contributed by atoms with van der Waals surface area (Å²) in [6, 6.07) is 7.95. The lowest BCUT2D eigenvalue weighted by Crippen LogP contribution is -2.07. The first kappa shape index (κ1) is 14.9. The summed E-state index contributed by atoms with van der Waals surface area (Å²) in [4.78, 5) is 31.4. The van der Waals surface area contributed by atoms with Crippen LogP contribution >= 0.6 is 0 Å². The van der Waals surface area contributed by atoms with Crippen LogP contribution in [0.2, 0.25) is 0 Å². The van der Waals surface area contributed by atoms with E-state index >= 15 is 0 Å². The number of rotatable bonds is 5. The number of hydrogen-bond donors (Lipinski definition) is 1. The molecule has 0 aliphatic carbocycles. The van der Waals surface area contributed by atoms with E-state index in [1.165, 1.54) is 36.4 Å². The van der Waals surface area contributed by atoms with Crippen molar-refractivity contribution in [3.8, 4) is 0 Å². The van der Waals surface area contributed by atoms with Gasteiger partial charge in [-0.1, -0.05) is 6.07 Å². The van der Waals surface area contributed by atoms with Gasteiger partial charge < -0.3 is 9.73 Å². The molecule has 1 amide bonds. The monoisotopic (exact) mass is 303 g/mol. The van der Waals surface area contributed by atoms with Crippen molar-refractivity contribution in [1.82, 2.24) is 0 Å². The number of benzene rings is 1. The second-order valence-electron chi connectivity index (χ2n) is 4.06. The van der Waals surface area contributed by atoms with Crippen molar-refractivity contribution in [2.45, 2.75) is 0 Å². The van der Waals surface area contributed by atoms with Gasteiger partial charge in [0.05, 0.1) is 11.0 Å². The fourth-order valence-corrected chi connectivity index (χ4v) is 1.57. The van der Waals surface area contributed by atoms with Crippen LogP contribution in [0.5, 0.6) is 0 Å². The van der Waals surface area contributed by atoms with Crippen molar-refractivity contribution in [3.05, 3.63) is 68.5 Å². The van der Waals surface area contributed by atoms with E-state index in [-0.39, 0.29) is 17.1 Å². The molecule has 0 radical (unpaired) electrons. The highest BCUT2D eigenvalue weighted by molar-refractivity contribution is 6.01. The standard InChI is InChI=1S/C13H9N3O6/c17-12(6-4-11-5-7-13(22-11)16(20)21)14-9-2-1-3-10(8-9)15(18)19/h1-8H,(H,14,17). The smallest absolute Gasteiger partial charge is 0.401 e. The summed E-state index contributed by atoms with van der Waals surface area (Å²) in [5.74, 6) is -0.848. The second-order valence-corrected chi connectivity index (χ2v) is 4.06. The van der Waals surface area contributed by atoms with E-state index < -0.39 is 21.6 Å². The van der Waals surface area contributed by atoms with E-state index in [0.717, 1.165) is 12.1 Å². The van der Waals surface area contributed by atoms with Gasteiger partial charge >= 0.3 is 5.88 Å². The van der Waals surface area contributed by atoms with Crippen LogP contribution in [0.3, 0.4) is 0 Å². The maximum atomic E-state index is 11.7. The zero-order valence-corrected chi connectivity index (χ0v) is 11.0. The van der Waals surface area contributed by atoms with Gasteiger partial charge in [-0.05, 0) is 18.2 Å². The first-order chi connectivity index (χ1) is 10.5. The van der Waals surface area contributed by atoms with Crippen LogP contribution < -0.4 is 5.32 Å². The number of hydrogen-bond acceptors (Lipinski definition) is 6. The molecule has 9 heteroatoms. The number of furan rings is 1. The lowest BCUT2D eigenvalue weighted by molar-refractivity contribution is -0.402. The number of nitrogens with zero attached hydrogens (tertiary/aromatic N) is 2. The molecule has 2 aromatic rings. The van der Waals surface area contributed by atoms with Gasteiger partial charge in [0, 0.05) is 23.9 Å². The van der Waals surface area contributed by atoms with Crippen molar-refractivity contribution in [3.63, 3.8) is 0 Å². The summed E-state index contributed by atoms with van der Waals surface area (Å²) < 4.78 is 4.84.